The maximum atomic E-state index is 10.7. The maximum Gasteiger partial charge on any atom is 0.124 e. The summed E-state index contributed by atoms with van der Waals surface area (Å²) in [5.41, 5.74) is 0.480. The van der Waals surface area contributed by atoms with Crippen molar-refractivity contribution in [2.75, 3.05) is 0 Å². The zero-order valence-corrected chi connectivity index (χ0v) is 7.32. The molecule has 68 valence electrons. The predicted octanol–water partition coefficient (Wildman–Crippen LogP) is 0.989. The second kappa shape index (κ2) is 2.86. The molecule has 1 unspecified atom stereocenters. The molecule has 5 heteroatoms. The van der Waals surface area contributed by atoms with Gasteiger partial charge in [-0.05, 0) is 18.2 Å². The van der Waals surface area contributed by atoms with Crippen LogP contribution in [-0.2, 0) is 11.3 Å². The number of benzene rings is 1. The van der Waals surface area contributed by atoms with E-state index in [4.69, 9.17) is 0 Å². The van der Waals surface area contributed by atoms with Crippen LogP contribution < -0.4 is 0 Å². The van der Waals surface area contributed by atoms with Crippen LogP contribution in [0.4, 0.5) is 0 Å². The molecule has 1 atom stereocenters. The third-order valence-corrected chi connectivity index (χ3v) is 2.47. The second-order valence-corrected chi connectivity index (χ2v) is 3.40. The molecule has 4 nitrogen and oxygen atoms in total. The molecule has 0 spiro atoms. The van der Waals surface area contributed by atoms with Gasteiger partial charge in [-0.3, -0.25) is 8.18 Å². The first-order chi connectivity index (χ1) is 6.20. The first kappa shape index (κ1) is 8.28. The largest absolute Gasteiger partial charge is 0.755 e. The van der Waals surface area contributed by atoms with Crippen LogP contribution in [0.2, 0.25) is 0 Å². The Morgan fingerprint density at radius 2 is 2.15 bits per heavy atom. The predicted molar refractivity (Wildman–Crippen MR) is 47.9 cm³/mol. The molecule has 13 heavy (non-hydrogen) atoms. The minimum absolute atomic E-state index is 0.0849. The molecule has 0 bridgehead atoms. The summed E-state index contributed by atoms with van der Waals surface area (Å²) in [7, 11) is 0. The van der Waals surface area contributed by atoms with Crippen molar-refractivity contribution in [1.29, 1.82) is 0 Å². The summed E-state index contributed by atoms with van der Waals surface area (Å²) < 4.78 is 22.4. The Bertz CT molecular complexity index is 477. The summed E-state index contributed by atoms with van der Waals surface area (Å²) >= 11 is -2.33. The summed E-state index contributed by atoms with van der Waals surface area (Å²) in [6.45, 7) is 0. The van der Waals surface area contributed by atoms with Gasteiger partial charge in [-0.1, -0.05) is 6.07 Å². The minimum atomic E-state index is -2.33. The molecule has 2 rings (SSSR count). The van der Waals surface area contributed by atoms with E-state index in [0.717, 1.165) is 3.97 Å². The van der Waals surface area contributed by atoms with Gasteiger partial charge in [0.05, 0.1) is 16.8 Å². The van der Waals surface area contributed by atoms with Gasteiger partial charge >= 0.3 is 0 Å². The van der Waals surface area contributed by atoms with Gasteiger partial charge in [0, 0.05) is 11.6 Å². The van der Waals surface area contributed by atoms with Gasteiger partial charge in [0.15, 0.2) is 0 Å². The first-order valence-electron chi connectivity index (χ1n) is 3.59. The highest BCUT2D eigenvalue weighted by molar-refractivity contribution is 7.77. The maximum absolute atomic E-state index is 10.7. The molecule has 0 aliphatic carbocycles. The SMILES string of the molecule is O=S([O-])n1ccc2c(O)cccc21. The van der Waals surface area contributed by atoms with Crippen LogP contribution in [-0.4, -0.2) is 17.8 Å². The highest BCUT2D eigenvalue weighted by Gasteiger charge is 2.03. The van der Waals surface area contributed by atoms with E-state index >= 15 is 0 Å². The van der Waals surface area contributed by atoms with E-state index in [0.29, 0.717) is 10.9 Å². The smallest absolute Gasteiger partial charge is 0.124 e. The number of aromatic hydroxyl groups is 1. The van der Waals surface area contributed by atoms with Crippen LogP contribution in [0.5, 0.6) is 5.75 Å². The molecule has 1 heterocycles. The third kappa shape index (κ3) is 1.22. The Labute approximate surface area is 76.8 Å². The molecule has 0 saturated heterocycles. The van der Waals surface area contributed by atoms with Crippen LogP contribution >= 0.6 is 0 Å². The molecule has 1 aromatic heterocycles. The van der Waals surface area contributed by atoms with E-state index in [-0.39, 0.29) is 5.75 Å². The molecule has 0 aliphatic heterocycles. The first-order valence-corrected chi connectivity index (χ1v) is 4.62. The fourth-order valence-corrected chi connectivity index (χ4v) is 1.74. The van der Waals surface area contributed by atoms with Gasteiger partial charge in [0.1, 0.15) is 5.75 Å². The molecule has 1 aromatic carbocycles. The number of fused-ring (bicyclic) bond motifs is 1. The monoisotopic (exact) mass is 196 g/mol. The van der Waals surface area contributed by atoms with Crippen LogP contribution in [0, 0.1) is 0 Å². The van der Waals surface area contributed by atoms with Crippen molar-refractivity contribution in [2.45, 2.75) is 0 Å². The third-order valence-electron chi connectivity index (χ3n) is 1.83. The van der Waals surface area contributed by atoms with Crippen LogP contribution in [0.3, 0.4) is 0 Å². The normalized spacial score (nSPS) is 13.3. The molecule has 2 aromatic rings. The second-order valence-electron chi connectivity index (χ2n) is 2.57. The number of phenolic OH excluding ortho intramolecular Hbond substituents is 1. The lowest BCUT2D eigenvalue weighted by Gasteiger charge is -2.07. The van der Waals surface area contributed by atoms with Crippen molar-refractivity contribution >= 4 is 22.2 Å². The zero-order chi connectivity index (χ0) is 9.42. The lowest BCUT2D eigenvalue weighted by Crippen LogP contribution is -1.99. The summed E-state index contributed by atoms with van der Waals surface area (Å²) in [6, 6.07) is 6.30. The van der Waals surface area contributed by atoms with Gasteiger partial charge in [-0.15, -0.1) is 0 Å². The van der Waals surface area contributed by atoms with Gasteiger partial charge in [-0.2, -0.15) is 0 Å². The van der Waals surface area contributed by atoms with E-state index < -0.39 is 11.3 Å². The van der Waals surface area contributed by atoms with E-state index in [2.05, 4.69) is 0 Å². The quantitative estimate of drug-likeness (QED) is 0.691. The number of aromatic nitrogens is 1. The van der Waals surface area contributed by atoms with Gasteiger partial charge in [-0.25, -0.2) is 0 Å². The number of nitrogens with zero attached hydrogens (tertiary/aromatic N) is 1. The highest BCUT2D eigenvalue weighted by Crippen LogP contribution is 2.25. The Morgan fingerprint density at radius 3 is 2.85 bits per heavy atom. The summed E-state index contributed by atoms with van der Waals surface area (Å²) in [4.78, 5) is 0. The Balaban J connectivity index is 2.83. The van der Waals surface area contributed by atoms with E-state index in [1.807, 2.05) is 0 Å². The number of rotatable bonds is 1. The van der Waals surface area contributed by atoms with Crippen LogP contribution in [0.15, 0.2) is 30.5 Å². The van der Waals surface area contributed by atoms with Crippen molar-refractivity contribution in [3.63, 3.8) is 0 Å². The van der Waals surface area contributed by atoms with Gasteiger partial charge in [0.2, 0.25) is 0 Å². The average molecular weight is 196 g/mol. The Morgan fingerprint density at radius 1 is 1.38 bits per heavy atom. The fourth-order valence-electron chi connectivity index (χ4n) is 1.26. The summed E-state index contributed by atoms with van der Waals surface area (Å²) in [5.74, 6) is 0.0849. The Kier molecular flexibility index (Phi) is 1.82. The van der Waals surface area contributed by atoms with Gasteiger partial charge < -0.3 is 9.66 Å². The van der Waals surface area contributed by atoms with Gasteiger partial charge in [0.25, 0.3) is 0 Å². The number of hydrogen-bond donors (Lipinski definition) is 1. The van der Waals surface area contributed by atoms with E-state index in [1.54, 1.807) is 18.2 Å². The van der Waals surface area contributed by atoms with Crippen molar-refractivity contribution in [3.8, 4) is 5.75 Å². The molecule has 1 N–H and O–H groups in total. The molecule has 0 aliphatic rings. The lowest BCUT2D eigenvalue weighted by molar-refractivity contribution is 0.481. The van der Waals surface area contributed by atoms with Crippen molar-refractivity contribution in [2.24, 2.45) is 0 Å². The lowest BCUT2D eigenvalue weighted by atomic mass is 10.2. The Hall–Kier alpha value is -1.33. The number of phenols is 1. The molecule has 0 fully saturated rings. The minimum Gasteiger partial charge on any atom is -0.755 e. The summed E-state index contributed by atoms with van der Waals surface area (Å²) in [6.07, 6.45) is 1.40. The molecule has 0 radical (unpaired) electrons. The van der Waals surface area contributed by atoms with Crippen molar-refractivity contribution in [3.05, 3.63) is 30.5 Å². The molecular weight excluding hydrogens is 190 g/mol. The van der Waals surface area contributed by atoms with Crippen LogP contribution in [0.1, 0.15) is 0 Å². The standard InChI is InChI=1S/C8H7NO3S/c10-8-3-1-2-7-6(8)4-5-9(7)13(11)12/h1-5,10H,(H,11,12)/p-1. The average Bonchev–Trinajstić information content (AvgIpc) is 2.48. The molecular formula is C8H6NO3S-. The van der Waals surface area contributed by atoms with E-state index in [1.165, 1.54) is 12.3 Å². The summed E-state index contributed by atoms with van der Waals surface area (Å²) in [5, 5.41) is 9.89. The fraction of sp³-hybridized carbons (Fsp3) is 0. The van der Waals surface area contributed by atoms with Crippen LogP contribution in [0.25, 0.3) is 10.9 Å². The number of hydrogen-bond acceptors (Lipinski definition) is 3. The topological polar surface area (TPSA) is 65.3 Å². The highest BCUT2D eigenvalue weighted by atomic mass is 32.2. The van der Waals surface area contributed by atoms with E-state index in [9.17, 15) is 13.9 Å². The zero-order valence-electron chi connectivity index (χ0n) is 6.51. The van der Waals surface area contributed by atoms with Crippen molar-refractivity contribution < 1.29 is 13.9 Å². The molecule has 0 amide bonds. The molecule has 0 saturated carbocycles. The van der Waals surface area contributed by atoms with Crippen molar-refractivity contribution in [1.82, 2.24) is 3.97 Å².